The number of hydrogen-bond donors (Lipinski definition) is 0. The number of nitro groups is 1. The van der Waals surface area contributed by atoms with Crippen LogP contribution in [0.2, 0.25) is 0 Å². The molecule has 92 valence electrons. The Morgan fingerprint density at radius 3 is 2.39 bits per heavy atom. The van der Waals surface area contributed by atoms with E-state index in [2.05, 4.69) is 15.9 Å². The molecular weight excluding hydrogens is 314 g/mol. The van der Waals surface area contributed by atoms with Gasteiger partial charge in [0.2, 0.25) is 0 Å². The first kappa shape index (κ1) is 13.1. The second-order valence-electron chi connectivity index (χ2n) is 3.64. The van der Waals surface area contributed by atoms with Crippen molar-refractivity contribution in [2.45, 2.75) is 10.6 Å². The van der Waals surface area contributed by atoms with Gasteiger partial charge in [-0.3, -0.25) is 10.1 Å². The van der Waals surface area contributed by atoms with Crippen molar-refractivity contribution in [2.24, 2.45) is 0 Å². The Morgan fingerprint density at radius 1 is 1.11 bits per heavy atom. The van der Waals surface area contributed by atoms with Crippen LogP contribution in [-0.2, 0) is 5.75 Å². The molecule has 0 radical (unpaired) electrons. The smallest absolute Gasteiger partial charge is 0.258 e. The maximum absolute atomic E-state index is 10.5. The predicted molar refractivity (Wildman–Crippen MR) is 76.8 cm³/mol. The first-order valence-corrected chi connectivity index (χ1v) is 7.05. The number of nitrogens with zero attached hydrogens (tertiary/aromatic N) is 1. The average Bonchev–Trinajstić information content (AvgIpc) is 2.38. The van der Waals surface area contributed by atoms with E-state index in [1.54, 1.807) is 23.9 Å². The second-order valence-corrected chi connectivity index (χ2v) is 5.51. The van der Waals surface area contributed by atoms with Crippen LogP contribution >= 0.6 is 27.7 Å². The zero-order chi connectivity index (χ0) is 13.0. The Labute approximate surface area is 117 Å². The molecule has 0 fully saturated rings. The van der Waals surface area contributed by atoms with Crippen LogP contribution in [0.15, 0.2) is 57.9 Å². The van der Waals surface area contributed by atoms with Gasteiger partial charge >= 0.3 is 0 Å². The number of thioether (sulfide) groups is 1. The van der Waals surface area contributed by atoms with E-state index < -0.39 is 0 Å². The van der Waals surface area contributed by atoms with Crippen LogP contribution in [0.5, 0.6) is 0 Å². The molecule has 0 bridgehead atoms. The fraction of sp³-hybridized carbons (Fsp3) is 0.0769. The van der Waals surface area contributed by atoms with Crippen LogP contribution in [0.4, 0.5) is 5.69 Å². The number of rotatable bonds is 4. The zero-order valence-corrected chi connectivity index (χ0v) is 11.8. The number of benzene rings is 2. The lowest BCUT2D eigenvalue weighted by molar-refractivity contribution is -0.384. The van der Waals surface area contributed by atoms with Crippen molar-refractivity contribution in [3.05, 3.63) is 68.7 Å². The summed E-state index contributed by atoms with van der Waals surface area (Å²) in [6.07, 6.45) is 0. The SMILES string of the molecule is O=[N+]([O-])c1ccc(CSc2ccccc2Br)cc1. The highest BCUT2D eigenvalue weighted by molar-refractivity contribution is 9.10. The summed E-state index contributed by atoms with van der Waals surface area (Å²) >= 11 is 5.19. The van der Waals surface area contributed by atoms with Gasteiger partial charge in [-0.15, -0.1) is 11.8 Å². The topological polar surface area (TPSA) is 43.1 Å². The maximum Gasteiger partial charge on any atom is 0.269 e. The molecule has 3 nitrogen and oxygen atoms in total. The summed E-state index contributed by atoms with van der Waals surface area (Å²) in [4.78, 5) is 11.3. The van der Waals surface area contributed by atoms with Gasteiger partial charge in [-0.2, -0.15) is 0 Å². The molecule has 0 heterocycles. The van der Waals surface area contributed by atoms with Gasteiger partial charge in [0, 0.05) is 27.3 Å². The lowest BCUT2D eigenvalue weighted by Gasteiger charge is -2.04. The molecule has 18 heavy (non-hydrogen) atoms. The first-order chi connectivity index (χ1) is 8.66. The van der Waals surface area contributed by atoms with Crippen molar-refractivity contribution in [3.63, 3.8) is 0 Å². The predicted octanol–water partition coefficient (Wildman–Crippen LogP) is 4.65. The molecule has 2 rings (SSSR count). The van der Waals surface area contributed by atoms with E-state index in [-0.39, 0.29) is 10.6 Å². The number of non-ortho nitro benzene ring substituents is 1. The Hall–Kier alpha value is -1.33. The Morgan fingerprint density at radius 2 is 1.78 bits per heavy atom. The fourth-order valence-corrected chi connectivity index (χ4v) is 2.96. The molecule has 0 N–H and O–H groups in total. The van der Waals surface area contributed by atoms with E-state index in [9.17, 15) is 10.1 Å². The third-order valence-corrected chi connectivity index (χ3v) is 4.48. The molecular formula is C13H10BrNO2S. The zero-order valence-electron chi connectivity index (χ0n) is 9.38. The van der Waals surface area contributed by atoms with Crippen LogP contribution in [0.3, 0.4) is 0 Å². The molecule has 0 aromatic heterocycles. The van der Waals surface area contributed by atoms with E-state index >= 15 is 0 Å². The summed E-state index contributed by atoms with van der Waals surface area (Å²) in [7, 11) is 0. The summed E-state index contributed by atoms with van der Waals surface area (Å²) in [6.45, 7) is 0. The van der Waals surface area contributed by atoms with Crippen molar-refractivity contribution in [2.75, 3.05) is 0 Å². The van der Waals surface area contributed by atoms with Gasteiger partial charge in [0.1, 0.15) is 0 Å². The molecule has 0 saturated carbocycles. The van der Waals surface area contributed by atoms with E-state index in [1.807, 2.05) is 24.3 Å². The third kappa shape index (κ3) is 3.34. The summed E-state index contributed by atoms with van der Waals surface area (Å²) in [5.74, 6) is 0.792. The van der Waals surface area contributed by atoms with Crippen LogP contribution in [0, 0.1) is 10.1 Å². The van der Waals surface area contributed by atoms with E-state index in [0.29, 0.717) is 0 Å². The summed E-state index contributed by atoms with van der Waals surface area (Å²) in [5, 5.41) is 10.5. The van der Waals surface area contributed by atoms with Gasteiger partial charge in [0.25, 0.3) is 5.69 Å². The number of halogens is 1. The van der Waals surface area contributed by atoms with Crippen LogP contribution in [0.25, 0.3) is 0 Å². The number of hydrogen-bond acceptors (Lipinski definition) is 3. The van der Waals surface area contributed by atoms with Crippen LogP contribution < -0.4 is 0 Å². The van der Waals surface area contributed by atoms with Crippen LogP contribution in [-0.4, -0.2) is 4.92 Å². The summed E-state index contributed by atoms with van der Waals surface area (Å²) in [5.41, 5.74) is 1.20. The molecule has 0 aliphatic heterocycles. The monoisotopic (exact) mass is 323 g/mol. The molecule has 0 atom stereocenters. The Balaban J connectivity index is 2.02. The molecule has 0 unspecified atom stereocenters. The number of nitro benzene ring substituents is 1. The highest BCUT2D eigenvalue weighted by atomic mass is 79.9. The molecule has 2 aromatic rings. The minimum absolute atomic E-state index is 0.129. The Kier molecular flexibility index (Phi) is 4.38. The molecule has 5 heteroatoms. The van der Waals surface area contributed by atoms with Crippen molar-refractivity contribution in [1.82, 2.24) is 0 Å². The standard InChI is InChI=1S/C13H10BrNO2S/c14-12-3-1-2-4-13(12)18-9-10-5-7-11(8-6-10)15(16)17/h1-8H,9H2. The van der Waals surface area contributed by atoms with Gasteiger partial charge in [-0.25, -0.2) is 0 Å². The van der Waals surface area contributed by atoms with Gasteiger partial charge in [0.05, 0.1) is 4.92 Å². The third-order valence-electron chi connectivity index (χ3n) is 2.38. The van der Waals surface area contributed by atoms with Gasteiger partial charge in [0.15, 0.2) is 0 Å². The largest absolute Gasteiger partial charge is 0.269 e. The fourth-order valence-electron chi connectivity index (χ4n) is 1.44. The normalized spacial score (nSPS) is 10.3. The van der Waals surface area contributed by atoms with Crippen LogP contribution in [0.1, 0.15) is 5.56 Å². The van der Waals surface area contributed by atoms with Gasteiger partial charge < -0.3 is 0 Å². The highest BCUT2D eigenvalue weighted by Crippen LogP contribution is 2.29. The molecule has 0 spiro atoms. The van der Waals surface area contributed by atoms with Crippen molar-refractivity contribution in [1.29, 1.82) is 0 Å². The summed E-state index contributed by atoms with van der Waals surface area (Å²) in [6, 6.07) is 14.7. The quantitative estimate of drug-likeness (QED) is 0.467. The second kappa shape index (κ2) is 6.02. The molecule has 2 aromatic carbocycles. The lowest BCUT2D eigenvalue weighted by Crippen LogP contribution is -1.88. The van der Waals surface area contributed by atoms with Crippen molar-refractivity contribution < 1.29 is 4.92 Å². The van der Waals surface area contributed by atoms with Crippen molar-refractivity contribution >= 4 is 33.4 Å². The molecule has 0 aliphatic carbocycles. The van der Waals surface area contributed by atoms with E-state index in [4.69, 9.17) is 0 Å². The first-order valence-electron chi connectivity index (χ1n) is 5.27. The highest BCUT2D eigenvalue weighted by Gasteiger charge is 2.05. The summed E-state index contributed by atoms with van der Waals surface area (Å²) < 4.78 is 1.07. The van der Waals surface area contributed by atoms with Gasteiger partial charge in [-0.1, -0.05) is 24.3 Å². The lowest BCUT2D eigenvalue weighted by atomic mass is 10.2. The van der Waals surface area contributed by atoms with Crippen molar-refractivity contribution in [3.8, 4) is 0 Å². The average molecular weight is 324 g/mol. The minimum Gasteiger partial charge on any atom is -0.258 e. The molecule has 0 saturated heterocycles. The maximum atomic E-state index is 10.5. The minimum atomic E-state index is -0.384. The van der Waals surface area contributed by atoms with E-state index in [0.717, 1.165) is 20.7 Å². The van der Waals surface area contributed by atoms with Gasteiger partial charge in [-0.05, 0) is 33.6 Å². The van der Waals surface area contributed by atoms with E-state index in [1.165, 1.54) is 12.1 Å². The Bertz CT molecular complexity index is 557. The molecule has 0 amide bonds. The molecule has 0 aliphatic rings.